The van der Waals surface area contributed by atoms with Gasteiger partial charge >= 0.3 is 0 Å². The van der Waals surface area contributed by atoms with E-state index in [1.54, 1.807) is 18.4 Å². The second-order valence-electron chi connectivity index (χ2n) is 4.87. The van der Waals surface area contributed by atoms with Crippen LogP contribution in [0.1, 0.15) is 35.7 Å². The summed E-state index contributed by atoms with van der Waals surface area (Å²) in [5.41, 5.74) is 5.85. The highest BCUT2D eigenvalue weighted by Gasteiger charge is 2.20. The average molecular weight is 274 g/mol. The molecule has 1 aliphatic carbocycles. The van der Waals surface area contributed by atoms with Crippen molar-refractivity contribution in [1.82, 2.24) is 10.3 Å². The maximum atomic E-state index is 5.31. The number of nitrogens with zero attached hydrogens (tertiary/aromatic N) is 1. The Kier molecular flexibility index (Phi) is 3.80. The van der Waals surface area contributed by atoms with E-state index in [-0.39, 0.29) is 0 Å². The molecule has 0 fully saturated rings. The fourth-order valence-corrected chi connectivity index (χ4v) is 3.24. The standard InChI is InChI=1S/C15H18N2OS/c1-18-13-5-6-14-11(7-13)3-2-4-15(14)16-8-12-9-19-10-17-12/h5-7,9-10,15-16H,2-4,8H2,1H3. The summed E-state index contributed by atoms with van der Waals surface area (Å²) in [6.07, 6.45) is 3.58. The first-order valence-electron chi connectivity index (χ1n) is 6.64. The van der Waals surface area contributed by atoms with Gasteiger partial charge in [-0.05, 0) is 42.5 Å². The molecule has 0 spiro atoms. The van der Waals surface area contributed by atoms with Gasteiger partial charge in [-0.3, -0.25) is 0 Å². The molecule has 3 rings (SSSR count). The van der Waals surface area contributed by atoms with Crippen molar-refractivity contribution in [2.75, 3.05) is 7.11 Å². The molecule has 0 bridgehead atoms. The van der Waals surface area contributed by atoms with Crippen molar-refractivity contribution in [3.63, 3.8) is 0 Å². The summed E-state index contributed by atoms with van der Waals surface area (Å²) in [4.78, 5) is 4.32. The highest BCUT2D eigenvalue weighted by Crippen LogP contribution is 2.32. The van der Waals surface area contributed by atoms with Gasteiger partial charge in [-0.15, -0.1) is 11.3 Å². The zero-order valence-corrected chi connectivity index (χ0v) is 11.9. The van der Waals surface area contributed by atoms with Crippen LogP contribution in [0.3, 0.4) is 0 Å². The molecule has 0 amide bonds. The fraction of sp³-hybridized carbons (Fsp3) is 0.400. The van der Waals surface area contributed by atoms with E-state index in [1.807, 2.05) is 5.51 Å². The summed E-state index contributed by atoms with van der Waals surface area (Å²) in [6, 6.07) is 6.87. The third-order valence-electron chi connectivity index (χ3n) is 3.68. The van der Waals surface area contributed by atoms with Crippen LogP contribution in [-0.4, -0.2) is 12.1 Å². The monoisotopic (exact) mass is 274 g/mol. The Bertz CT molecular complexity index is 539. The Morgan fingerprint density at radius 3 is 3.21 bits per heavy atom. The Balaban J connectivity index is 1.74. The van der Waals surface area contributed by atoms with Gasteiger partial charge in [-0.25, -0.2) is 4.98 Å². The SMILES string of the molecule is COc1ccc2c(c1)CCCC2NCc1cscn1. The number of nitrogens with one attached hydrogen (secondary N) is 1. The first-order valence-corrected chi connectivity index (χ1v) is 7.58. The van der Waals surface area contributed by atoms with E-state index in [1.165, 1.54) is 24.0 Å². The number of hydrogen-bond donors (Lipinski definition) is 1. The normalized spacial score (nSPS) is 18.1. The molecule has 4 heteroatoms. The van der Waals surface area contributed by atoms with Crippen LogP contribution in [0.4, 0.5) is 0 Å². The smallest absolute Gasteiger partial charge is 0.119 e. The summed E-state index contributed by atoms with van der Waals surface area (Å²) in [5.74, 6) is 0.957. The fourth-order valence-electron chi connectivity index (χ4n) is 2.68. The van der Waals surface area contributed by atoms with Crippen molar-refractivity contribution >= 4 is 11.3 Å². The third-order valence-corrected chi connectivity index (χ3v) is 4.31. The summed E-state index contributed by atoms with van der Waals surface area (Å²) >= 11 is 1.65. The number of ether oxygens (including phenoxy) is 1. The third kappa shape index (κ3) is 2.80. The highest BCUT2D eigenvalue weighted by atomic mass is 32.1. The second kappa shape index (κ2) is 5.72. The van der Waals surface area contributed by atoms with Crippen molar-refractivity contribution in [2.24, 2.45) is 0 Å². The van der Waals surface area contributed by atoms with Gasteiger partial charge < -0.3 is 10.1 Å². The van der Waals surface area contributed by atoms with Gasteiger partial charge in [-0.1, -0.05) is 6.07 Å². The molecule has 0 aliphatic heterocycles. The minimum Gasteiger partial charge on any atom is -0.497 e. The Morgan fingerprint density at radius 1 is 1.47 bits per heavy atom. The van der Waals surface area contributed by atoms with E-state index in [0.29, 0.717) is 6.04 Å². The molecule has 0 saturated heterocycles. The molecule has 1 aliphatic rings. The zero-order valence-electron chi connectivity index (χ0n) is 11.1. The molecule has 1 N–H and O–H groups in total. The zero-order chi connectivity index (χ0) is 13.1. The van der Waals surface area contributed by atoms with Crippen molar-refractivity contribution in [1.29, 1.82) is 0 Å². The number of rotatable bonds is 4. The van der Waals surface area contributed by atoms with Gasteiger partial charge in [-0.2, -0.15) is 0 Å². The second-order valence-corrected chi connectivity index (χ2v) is 5.59. The molecule has 1 unspecified atom stereocenters. The van der Waals surface area contributed by atoms with Crippen LogP contribution in [0.15, 0.2) is 29.1 Å². The predicted octanol–water partition coefficient (Wildman–Crippen LogP) is 3.32. The number of fused-ring (bicyclic) bond motifs is 1. The molecule has 100 valence electrons. The lowest BCUT2D eigenvalue weighted by molar-refractivity contribution is 0.410. The van der Waals surface area contributed by atoms with Crippen LogP contribution in [0.5, 0.6) is 5.75 Å². The Labute approximate surface area is 117 Å². The Morgan fingerprint density at radius 2 is 2.42 bits per heavy atom. The number of hydrogen-bond acceptors (Lipinski definition) is 4. The van der Waals surface area contributed by atoms with Crippen LogP contribution in [-0.2, 0) is 13.0 Å². The number of aromatic nitrogens is 1. The molecule has 0 saturated carbocycles. The molecule has 3 nitrogen and oxygen atoms in total. The van der Waals surface area contributed by atoms with Gasteiger partial charge in [0.15, 0.2) is 0 Å². The number of methoxy groups -OCH3 is 1. The lowest BCUT2D eigenvalue weighted by Crippen LogP contribution is -2.25. The van der Waals surface area contributed by atoms with E-state index in [9.17, 15) is 0 Å². The minimum atomic E-state index is 0.441. The van der Waals surface area contributed by atoms with Crippen LogP contribution in [0, 0.1) is 0 Å². The lowest BCUT2D eigenvalue weighted by Gasteiger charge is -2.26. The molecular formula is C15H18N2OS. The van der Waals surface area contributed by atoms with Crippen LogP contribution in [0.2, 0.25) is 0 Å². The van der Waals surface area contributed by atoms with Gasteiger partial charge in [0.1, 0.15) is 5.75 Å². The van der Waals surface area contributed by atoms with E-state index in [0.717, 1.165) is 24.4 Å². The Hall–Kier alpha value is -1.39. The van der Waals surface area contributed by atoms with Crippen molar-refractivity contribution in [2.45, 2.75) is 31.8 Å². The molecule has 1 aromatic carbocycles. The van der Waals surface area contributed by atoms with Gasteiger partial charge in [0.25, 0.3) is 0 Å². The summed E-state index contributed by atoms with van der Waals surface area (Å²) in [5, 5.41) is 5.72. The van der Waals surface area contributed by atoms with Crippen LogP contribution >= 0.6 is 11.3 Å². The van der Waals surface area contributed by atoms with Crippen LogP contribution < -0.4 is 10.1 Å². The van der Waals surface area contributed by atoms with Gasteiger partial charge in [0.2, 0.25) is 0 Å². The quantitative estimate of drug-likeness (QED) is 0.928. The maximum absolute atomic E-state index is 5.31. The number of aryl methyl sites for hydroxylation is 1. The van der Waals surface area contributed by atoms with E-state index in [4.69, 9.17) is 4.74 Å². The van der Waals surface area contributed by atoms with E-state index in [2.05, 4.69) is 33.9 Å². The molecular weight excluding hydrogens is 256 g/mol. The number of benzene rings is 1. The molecule has 19 heavy (non-hydrogen) atoms. The van der Waals surface area contributed by atoms with Crippen molar-refractivity contribution in [3.8, 4) is 5.75 Å². The molecule has 1 atom stereocenters. The van der Waals surface area contributed by atoms with E-state index >= 15 is 0 Å². The van der Waals surface area contributed by atoms with Crippen LogP contribution in [0.25, 0.3) is 0 Å². The topological polar surface area (TPSA) is 34.1 Å². The van der Waals surface area contributed by atoms with E-state index < -0.39 is 0 Å². The summed E-state index contributed by atoms with van der Waals surface area (Å²) in [6.45, 7) is 0.847. The van der Waals surface area contributed by atoms with Crippen molar-refractivity contribution in [3.05, 3.63) is 45.9 Å². The summed E-state index contributed by atoms with van der Waals surface area (Å²) in [7, 11) is 1.72. The highest BCUT2D eigenvalue weighted by molar-refractivity contribution is 7.07. The largest absolute Gasteiger partial charge is 0.497 e. The first kappa shape index (κ1) is 12.6. The lowest BCUT2D eigenvalue weighted by atomic mass is 9.87. The maximum Gasteiger partial charge on any atom is 0.119 e. The average Bonchev–Trinajstić information content (AvgIpc) is 2.97. The summed E-state index contributed by atoms with van der Waals surface area (Å²) < 4.78 is 5.31. The van der Waals surface area contributed by atoms with Crippen molar-refractivity contribution < 1.29 is 4.74 Å². The van der Waals surface area contributed by atoms with Gasteiger partial charge in [0.05, 0.1) is 18.3 Å². The molecule has 2 aromatic rings. The van der Waals surface area contributed by atoms with Gasteiger partial charge in [0, 0.05) is 18.0 Å². The predicted molar refractivity (Wildman–Crippen MR) is 77.6 cm³/mol. The molecule has 1 aromatic heterocycles. The minimum absolute atomic E-state index is 0.441. The molecule has 1 heterocycles. The first-order chi connectivity index (χ1) is 9.36. The molecule has 0 radical (unpaired) electrons. The number of thiazole rings is 1.